The Balaban J connectivity index is 1.39. The number of hydrogen-bond donors (Lipinski definition) is 3. The molecular weight excluding hydrogens is 442 g/mol. The van der Waals surface area contributed by atoms with Crippen molar-refractivity contribution in [2.75, 3.05) is 16.9 Å². The summed E-state index contributed by atoms with van der Waals surface area (Å²) < 4.78 is 11.6. The summed E-state index contributed by atoms with van der Waals surface area (Å²) in [5.41, 5.74) is 4.24. The zero-order valence-corrected chi connectivity index (χ0v) is 20.3. The number of rotatable bonds is 8. The number of benzene rings is 3. The summed E-state index contributed by atoms with van der Waals surface area (Å²) in [6, 6.07) is 23.0. The van der Waals surface area contributed by atoms with Gasteiger partial charge in [0, 0.05) is 45.4 Å². The molecule has 3 N–H and O–H groups in total. The monoisotopic (exact) mass is 473 g/mol. The van der Waals surface area contributed by atoms with E-state index in [-0.39, 0.29) is 5.71 Å². The molecular formula is C28H31N3O2S. The first-order chi connectivity index (χ1) is 16.5. The highest BCUT2D eigenvalue weighted by Gasteiger charge is 2.17. The van der Waals surface area contributed by atoms with Crippen molar-refractivity contribution in [2.24, 2.45) is 0 Å². The number of amides is 1. The molecule has 3 aromatic carbocycles. The number of carbonyl (C=O) groups excluding carboxylic acids is 1. The van der Waals surface area contributed by atoms with Gasteiger partial charge in [-0.1, -0.05) is 61.7 Å². The molecule has 1 fully saturated rings. The Labute approximate surface area is 204 Å². The van der Waals surface area contributed by atoms with Gasteiger partial charge in [0.2, 0.25) is 0 Å². The number of hydrogen-bond acceptors (Lipinski definition) is 4. The van der Waals surface area contributed by atoms with Crippen LogP contribution in [0.5, 0.6) is 0 Å². The zero-order chi connectivity index (χ0) is 23.9. The molecule has 1 amide bonds. The first-order valence-corrected chi connectivity index (χ1v) is 13.3. The van der Waals surface area contributed by atoms with Crippen LogP contribution in [0.1, 0.15) is 54.7 Å². The van der Waals surface area contributed by atoms with Gasteiger partial charge in [-0.2, -0.15) is 0 Å². The Morgan fingerprint density at radius 3 is 2.29 bits per heavy atom. The molecule has 176 valence electrons. The van der Waals surface area contributed by atoms with E-state index in [2.05, 4.69) is 22.8 Å². The first-order valence-electron chi connectivity index (χ1n) is 11.8. The zero-order valence-electron chi connectivity index (χ0n) is 19.5. The smallest absolute Gasteiger partial charge is 0.274 e. The molecule has 0 aliphatic heterocycles. The second-order valence-corrected chi connectivity index (χ2v) is 10.2. The molecule has 0 heterocycles. The molecule has 5 nitrogen and oxygen atoms in total. The average Bonchev–Trinajstić information content (AvgIpc) is 2.88. The molecule has 1 saturated carbocycles. The van der Waals surface area contributed by atoms with Crippen LogP contribution < -0.4 is 10.6 Å². The number of anilines is 2. The van der Waals surface area contributed by atoms with Crippen LogP contribution >= 0.6 is 0 Å². The minimum atomic E-state index is -1.01. The summed E-state index contributed by atoms with van der Waals surface area (Å²) in [5.74, 6) is 0.185. The molecule has 1 aliphatic carbocycles. The van der Waals surface area contributed by atoms with Crippen LogP contribution in [0.3, 0.4) is 0 Å². The van der Waals surface area contributed by atoms with Crippen molar-refractivity contribution in [1.82, 2.24) is 0 Å². The van der Waals surface area contributed by atoms with E-state index in [1.54, 1.807) is 12.3 Å². The van der Waals surface area contributed by atoms with Crippen LogP contribution in [0, 0.1) is 5.41 Å². The first kappa shape index (κ1) is 23.9. The Morgan fingerprint density at radius 2 is 1.62 bits per heavy atom. The SMILES string of the molecule is CS(=O)c1ccc(CNc2ccccc2C(=N)C(=O)Nc2ccc(C3CCCCC3)cc2)cc1. The molecule has 6 heteroatoms. The third-order valence-corrected chi connectivity index (χ3v) is 7.34. The van der Waals surface area contributed by atoms with Gasteiger partial charge >= 0.3 is 0 Å². The standard InChI is InChI=1S/C28H31N3O2S/c1-34(33)24-17-11-20(12-18-24)19-30-26-10-6-5-9-25(26)27(29)28(32)31-23-15-13-22(14-16-23)21-7-3-2-4-8-21/h5-6,9-18,21,29-30H,2-4,7-8,19H2,1H3,(H,31,32). The predicted octanol–water partition coefficient (Wildman–Crippen LogP) is 6.09. The number of carbonyl (C=O) groups is 1. The van der Waals surface area contributed by atoms with Crippen LogP contribution in [-0.2, 0) is 22.1 Å². The van der Waals surface area contributed by atoms with Crippen molar-refractivity contribution in [1.29, 1.82) is 5.41 Å². The molecule has 0 aromatic heterocycles. The fraction of sp³-hybridized carbons (Fsp3) is 0.286. The lowest BCUT2D eigenvalue weighted by atomic mass is 9.84. The minimum Gasteiger partial charge on any atom is -0.380 e. The summed E-state index contributed by atoms with van der Waals surface area (Å²) in [7, 11) is -1.01. The maximum atomic E-state index is 12.8. The molecule has 0 saturated heterocycles. The van der Waals surface area contributed by atoms with Gasteiger partial charge in [0.05, 0.1) is 0 Å². The fourth-order valence-electron chi connectivity index (χ4n) is 4.44. The van der Waals surface area contributed by atoms with Crippen molar-refractivity contribution in [3.63, 3.8) is 0 Å². The second-order valence-electron chi connectivity index (χ2n) is 8.78. The molecule has 1 unspecified atom stereocenters. The largest absolute Gasteiger partial charge is 0.380 e. The Morgan fingerprint density at radius 1 is 0.941 bits per heavy atom. The lowest BCUT2D eigenvalue weighted by molar-refractivity contribution is -0.110. The molecule has 1 aliphatic rings. The average molecular weight is 474 g/mol. The van der Waals surface area contributed by atoms with Crippen molar-refractivity contribution < 1.29 is 9.00 Å². The van der Waals surface area contributed by atoms with E-state index in [9.17, 15) is 9.00 Å². The highest BCUT2D eigenvalue weighted by atomic mass is 32.2. The van der Waals surface area contributed by atoms with Crippen LogP contribution in [0.15, 0.2) is 77.7 Å². The van der Waals surface area contributed by atoms with Crippen LogP contribution in [0.4, 0.5) is 11.4 Å². The van der Waals surface area contributed by atoms with Crippen LogP contribution in [0.25, 0.3) is 0 Å². The molecule has 3 aromatic rings. The van der Waals surface area contributed by atoms with E-state index in [4.69, 9.17) is 5.41 Å². The summed E-state index contributed by atoms with van der Waals surface area (Å²) in [6.07, 6.45) is 8.05. The van der Waals surface area contributed by atoms with Crippen molar-refractivity contribution in [3.8, 4) is 0 Å². The second kappa shape index (κ2) is 11.3. The van der Waals surface area contributed by atoms with Gasteiger partial charge in [-0.3, -0.25) is 14.4 Å². The summed E-state index contributed by atoms with van der Waals surface area (Å²) in [4.78, 5) is 13.6. The summed E-state index contributed by atoms with van der Waals surface area (Å²) in [5, 5.41) is 14.7. The molecule has 0 spiro atoms. The number of para-hydroxylation sites is 1. The van der Waals surface area contributed by atoms with E-state index >= 15 is 0 Å². The van der Waals surface area contributed by atoms with Crippen molar-refractivity contribution in [2.45, 2.75) is 49.5 Å². The summed E-state index contributed by atoms with van der Waals surface area (Å²) >= 11 is 0. The minimum absolute atomic E-state index is 0.0869. The van der Waals surface area contributed by atoms with Crippen LogP contribution in [0.2, 0.25) is 0 Å². The molecule has 34 heavy (non-hydrogen) atoms. The van der Waals surface area contributed by atoms with Gasteiger partial charge in [-0.15, -0.1) is 0 Å². The fourth-order valence-corrected chi connectivity index (χ4v) is 4.96. The third kappa shape index (κ3) is 6.00. The molecule has 0 radical (unpaired) electrons. The van der Waals surface area contributed by atoms with Gasteiger partial charge < -0.3 is 10.6 Å². The summed E-state index contributed by atoms with van der Waals surface area (Å²) in [6.45, 7) is 0.533. The molecule has 0 bridgehead atoms. The van der Waals surface area contributed by atoms with Gasteiger partial charge in [0.1, 0.15) is 5.71 Å². The lowest BCUT2D eigenvalue weighted by Crippen LogP contribution is -2.24. The maximum absolute atomic E-state index is 12.8. The normalized spacial score (nSPS) is 14.9. The van der Waals surface area contributed by atoms with Gasteiger partial charge in [-0.25, -0.2) is 0 Å². The lowest BCUT2D eigenvalue weighted by Gasteiger charge is -2.22. The van der Waals surface area contributed by atoms with Crippen LogP contribution in [-0.4, -0.2) is 22.1 Å². The molecule has 4 rings (SSSR count). The molecule has 1 atom stereocenters. The van der Waals surface area contributed by atoms with E-state index < -0.39 is 16.7 Å². The van der Waals surface area contributed by atoms with Crippen molar-refractivity contribution in [3.05, 3.63) is 89.5 Å². The van der Waals surface area contributed by atoms with Gasteiger partial charge in [0.25, 0.3) is 5.91 Å². The Kier molecular flexibility index (Phi) is 7.91. The van der Waals surface area contributed by atoms with E-state index in [1.807, 2.05) is 54.6 Å². The van der Waals surface area contributed by atoms with Gasteiger partial charge in [-0.05, 0) is 60.2 Å². The quantitative estimate of drug-likeness (QED) is 0.346. The Hall–Kier alpha value is -3.25. The van der Waals surface area contributed by atoms with Crippen molar-refractivity contribution >= 4 is 33.8 Å². The number of nitrogens with one attached hydrogen (secondary N) is 3. The van der Waals surface area contributed by atoms with Gasteiger partial charge in [0.15, 0.2) is 0 Å². The highest BCUT2D eigenvalue weighted by molar-refractivity contribution is 7.84. The highest BCUT2D eigenvalue weighted by Crippen LogP contribution is 2.33. The van der Waals surface area contributed by atoms with E-state index in [0.717, 1.165) is 16.1 Å². The van der Waals surface area contributed by atoms with E-state index in [0.29, 0.717) is 23.7 Å². The third-order valence-electron chi connectivity index (χ3n) is 6.41. The predicted molar refractivity (Wildman–Crippen MR) is 140 cm³/mol. The Bertz CT molecular complexity index is 1170. The topological polar surface area (TPSA) is 82.1 Å². The van der Waals surface area contributed by atoms with E-state index in [1.165, 1.54) is 37.7 Å². The maximum Gasteiger partial charge on any atom is 0.274 e.